The van der Waals surface area contributed by atoms with E-state index < -0.39 is 50.3 Å². The van der Waals surface area contributed by atoms with Crippen molar-refractivity contribution in [2.75, 3.05) is 25.6 Å². The first-order chi connectivity index (χ1) is 20.0. The summed E-state index contributed by atoms with van der Waals surface area (Å²) in [5, 5.41) is 13.9. The number of anilines is 1. The minimum absolute atomic E-state index is 0.0453. The number of nitrogens with zero attached hydrogens (tertiary/aromatic N) is 5. The maximum absolute atomic E-state index is 13.9. The Hall–Kier alpha value is -3.62. The number of aliphatic imine (C=N–C) groups is 1. The summed E-state index contributed by atoms with van der Waals surface area (Å²) >= 11 is 0. The largest absolute Gasteiger partial charge is 0.476 e. The van der Waals surface area contributed by atoms with Gasteiger partial charge in [0.15, 0.2) is 17.4 Å². The van der Waals surface area contributed by atoms with E-state index in [2.05, 4.69) is 31.7 Å². The summed E-state index contributed by atoms with van der Waals surface area (Å²) in [5.74, 6) is -0.242. The van der Waals surface area contributed by atoms with E-state index in [1.807, 2.05) is 6.92 Å². The van der Waals surface area contributed by atoms with Crippen LogP contribution in [0.1, 0.15) is 40.3 Å². The van der Waals surface area contributed by atoms with Crippen molar-refractivity contribution in [1.29, 1.82) is 0 Å². The van der Waals surface area contributed by atoms with Crippen LogP contribution in [0.2, 0.25) is 0 Å². The molecule has 15 nitrogen and oxygen atoms in total. The van der Waals surface area contributed by atoms with Gasteiger partial charge >= 0.3 is 13.7 Å². The number of aliphatic hydroxyl groups excluding tert-OH is 1. The molecule has 1 aliphatic heterocycles. The smallest absolute Gasteiger partial charge is 0.459 e. The van der Waals surface area contributed by atoms with Crippen molar-refractivity contribution in [3.05, 3.63) is 36.7 Å². The molecule has 1 unspecified atom stereocenters. The second kappa shape index (κ2) is 13.1. The van der Waals surface area contributed by atoms with Gasteiger partial charge in [-0.05, 0) is 46.0 Å². The molecule has 4 rings (SSSR count). The highest BCUT2D eigenvalue weighted by Crippen LogP contribution is 2.48. The molecule has 3 heterocycles. The van der Waals surface area contributed by atoms with Crippen LogP contribution in [-0.2, 0) is 23.4 Å². The van der Waals surface area contributed by atoms with Gasteiger partial charge in [0.1, 0.15) is 29.5 Å². The third-order valence-electron chi connectivity index (χ3n) is 6.57. The van der Waals surface area contributed by atoms with E-state index in [4.69, 9.17) is 29.0 Å². The normalized spacial score (nSPS) is 24.2. The Balaban J connectivity index is 1.59. The second-order valence-electron chi connectivity index (χ2n) is 9.72. The van der Waals surface area contributed by atoms with Crippen LogP contribution in [0, 0.1) is 0 Å². The van der Waals surface area contributed by atoms with Gasteiger partial charge in [-0.2, -0.15) is 15.1 Å². The molecule has 1 saturated heterocycles. The summed E-state index contributed by atoms with van der Waals surface area (Å²) in [7, 11) is -4.21. The highest BCUT2D eigenvalue weighted by molar-refractivity contribution is 7.52. The van der Waals surface area contributed by atoms with E-state index in [9.17, 15) is 14.5 Å². The maximum atomic E-state index is 13.9. The lowest BCUT2D eigenvalue weighted by atomic mass is 9.93. The Labute approximate surface area is 243 Å². The summed E-state index contributed by atoms with van der Waals surface area (Å²) in [6.07, 6.45) is -1.25. The Morgan fingerprint density at radius 1 is 1.33 bits per heavy atom. The number of nitrogens with two attached hydrogens (primary N) is 1. The lowest BCUT2D eigenvalue weighted by Gasteiger charge is -2.28. The number of nitrogens with one attached hydrogen (secondary N) is 1. The number of aromatic nitrogens is 4. The number of rotatable bonds is 14. The summed E-state index contributed by atoms with van der Waals surface area (Å²) in [6.45, 7) is 10.6. The topological polar surface area (TPSA) is 195 Å². The first-order valence-corrected chi connectivity index (χ1v) is 15.0. The van der Waals surface area contributed by atoms with Gasteiger partial charge in [0.25, 0.3) is 0 Å². The Morgan fingerprint density at radius 2 is 2.07 bits per heavy atom. The van der Waals surface area contributed by atoms with Gasteiger partial charge in [-0.3, -0.25) is 18.9 Å². The van der Waals surface area contributed by atoms with Gasteiger partial charge in [-0.15, -0.1) is 0 Å². The van der Waals surface area contributed by atoms with E-state index in [0.29, 0.717) is 24.2 Å². The molecule has 228 valence electrons. The van der Waals surface area contributed by atoms with Crippen molar-refractivity contribution in [2.45, 2.75) is 64.1 Å². The summed E-state index contributed by atoms with van der Waals surface area (Å²) in [4.78, 5) is 29.3. The average molecular weight is 606 g/mol. The van der Waals surface area contributed by atoms with Gasteiger partial charge in [0.2, 0.25) is 11.8 Å². The number of imidazole rings is 1. The van der Waals surface area contributed by atoms with Crippen molar-refractivity contribution in [3.63, 3.8) is 0 Å². The predicted molar refractivity (Wildman–Crippen MR) is 153 cm³/mol. The van der Waals surface area contributed by atoms with E-state index in [1.54, 1.807) is 44.2 Å². The number of carbonyl (C=O) groups is 1. The molecule has 1 fully saturated rings. The third kappa shape index (κ3) is 6.55. The molecule has 42 heavy (non-hydrogen) atoms. The number of hydrogen-bond donors (Lipinski definition) is 3. The highest BCUT2D eigenvalue weighted by atomic mass is 31.2. The number of ether oxygens (including phenoxy) is 3. The number of fused-ring (bicyclic) bond motifs is 1. The Kier molecular flexibility index (Phi) is 9.79. The molecule has 0 spiro atoms. The first-order valence-electron chi connectivity index (χ1n) is 13.4. The summed E-state index contributed by atoms with van der Waals surface area (Å²) in [5.41, 5.74) is 5.22. The molecule has 1 aromatic carbocycles. The van der Waals surface area contributed by atoms with Crippen molar-refractivity contribution in [2.24, 2.45) is 4.99 Å². The third-order valence-corrected chi connectivity index (χ3v) is 8.21. The minimum atomic E-state index is -4.21. The fourth-order valence-corrected chi connectivity index (χ4v) is 5.87. The number of carbonyl (C=O) groups excluding carboxylic acids is 1. The zero-order valence-electron chi connectivity index (χ0n) is 23.9. The van der Waals surface area contributed by atoms with E-state index >= 15 is 0 Å². The number of esters is 1. The molecule has 3 aromatic rings. The van der Waals surface area contributed by atoms with Gasteiger partial charge in [0, 0.05) is 0 Å². The number of hydrogen-bond acceptors (Lipinski definition) is 13. The standard InChI is InChI=1S/C26H36N7O8P/c1-6-13-38-23(35)16(3)32-42(36,41-17-11-9-8-10-12-17)39-14-18-20(34)26(4,28-5)24(40-18)33-15-29-19-21(33)30-25(27)31-22(19)37-7-2/h8-12,15-16,18,20,24,34H,5-7,13-14H2,1-4H3,(H,32,36)(H2,27,30,31)/t16-,18+,20+,24+,26+,42?/m0/s1. The van der Waals surface area contributed by atoms with Crippen LogP contribution in [-0.4, -0.2) is 80.9 Å². The summed E-state index contributed by atoms with van der Waals surface area (Å²) in [6, 6.07) is 7.28. The number of benzene rings is 1. The monoisotopic (exact) mass is 605 g/mol. The van der Waals surface area contributed by atoms with Crippen LogP contribution in [0.15, 0.2) is 41.7 Å². The van der Waals surface area contributed by atoms with Crippen molar-refractivity contribution in [3.8, 4) is 11.6 Å². The molecule has 0 radical (unpaired) electrons. The molecule has 0 bridgehead atoms. The molecule has 2 aromatic heterocycles. The van der Waals surface area contributed by atoms with Crippen molar-refractivity contribution >= 4 is 37.5 Å². The van der Waals surface area contributed by atoms with Crippen molar-refractivity contribution in [1.82, 2.24) is 24.6 Å². The number of para-hydroxylation sites is 1. The molecule has 1 aliphatic rings. The van der Waals surface area contributed by atoms with Crippen LogP contribution >= 0.6 is 7.75 Å². The predicted octanol–water partition coefficient (Wildman–Crippen LogP) is 2.66. The minimum Gasteiger partial charge on any atom is -0.476 e. The number of aliphatic hydroxyl groups is 1. The first kappa shape index (κ1) is 31.3. The van der Waals surface area contributed by atoms with E-state index in [-0.39, 0.29) is 24.2 Å². The molecule has 0 aliphatic carbocycles. The summed E-state index contributed by atoms with van der Waals surface area (Å²) < 4.78 is 43.8. The molecule has 4 N–H and O–H groups in total. The fraction of sp³-hybridized carbons (Fsp3) is 0.500. The van der Waals surface area contributed by atoms with E-state index in [1.165, 1.54) is 17.8 Å². The van der Waals surface area contributed by atoms with Gasteiger partial charge in [-0.1, -0.05) is 25.1 Å². The van der Waals surface area contributed by atoms with Gasteiger partial charge < -0.3 is 29.6 Å². The fourth-order valence-electron chi connectivity index (χ4n) is 4.36. The molecule has 16 heteroatoms. The van der Waals surface area contributed by atoms with Crippen LogP contribution in [0.25, 0.3) is 11.2 Å². The SMILES string of the molecule is C=N[C@]1(C)[C@H](O)[C@@H](COP(=O)(N[C@@H](C)C(=O)OCCC)Oc2ccccc2)O[C@H]1n1cnc2c(OCC)nc(N)nc21. The lowest BCUT2D eigenvalue weighted by Crippen LogP contribution is -2.43. The molecular formula is C26H36N7O8P. The van der Waals surface area contributed by atoms with Crippen molar-refractivity contribution < 1.29 is 37.7 Å². The zero-order chi connectivity index (χ0) is 30.5. The quantitative estimate of drug-likeness (QED) is 0.138. The van der Waals surface area contributed by atoms with E-state index in [0.717, 1.165) is 0 Å². The average Bonchev–Trinajstić information content (AvgIpc) is 3.49. The zero-order valence-corrected chi connectivity index (χ0v) is 24.8. The van der Waals surface area contributed by atoms with Gasteiger partial charge in [0.05, 0.1) is 26.1 Å². The Bertz CT molecular complexity index is 1440. The van der Waals surface area contributed by atoms with Gasteiger partial charge in [-0.25, -0.2) is 9.55 Å². The molecule has 0 saturated carbocycles. The molecular weight excluding hydrogens is 569 g/mol. The van der Waals surface area contributed by atoms with Crippen LogP contribution < -0.4 is 20.1 Å². The highest BCUT2D eigenvalue weighted by Gasteiger charge is 2.55. The second-order valence-corrected chi connectivity index (χ2v) is 11.4. The molecule has 0 amide bonds. The number of nitrogen functional groups attached to an aromatic ring is 1. The van der Waals surface area contributed by atoms with Crippen LogP contribution in [0.3, 0.4) is 0 Å². The van der Waals surface area contributed by atoms with Crippen LogP contribution in [0.5, 0.6) is 11.6 Å². The van der Waals surface area contributed by atoms with Crippen LogP contribution in [0.4, 0.5) is 5.95 Å². The maximum Gasteiger partial charge on any atom is 0.459 e. The lowest BCUT2D eigenvalue weighted by molar-refractivity contribution is -0.145. The molecule has 6 atom stereocenters. The Morgan fingerprint density at radius 3 is 2.74 bits per heavy atom.